The Bertz CT molecular complexity index is 814. The van der Waals surface area contributed by atoms with E-state index >= 15 is 0 Å². The predicted octanol–water partition coefficient (Wildman–Crippen LogP) is 3.97. The molecule has 1 atom stereocenters. The van der Waals surface area contributed by atoms with Crippen molar-refractivity contribution in [2.45, 2.75) is 19.4 Å². The highest BCUT2D eigenvalue weighted by Gasteiger charge is 2.14. The van der Waals surface area contributed by atoms with E-state index < -0.39 is 6.10 Å². The van der Waals surface area contributed by atoms with E-state index in [0.717, 1.165) is 17.2 Å². The second-order valence-corrected chi connectivity index (χ2v) is 5.80. The number of rotatable bonds is 6. The third kappa shape index (κ3) is 4.13. The van der Waals surface area contributed by atoms with Crippen LogP contribution in [0.1, 0.15) is 12.5 Å². The van der Waals surface area contributed by atoms with Gasteiger partial charge in [0.25, 0.3) is 5.91 Å². The first-order valence-corrected chi connectivity index (χ1v) is 8.19. The van der Waals surface area contributed by atoms with Gasteiger partial charge in [-0.25, -0.2) is 0 Å². The van der Waals surface area contributed by atoms with E-state index in [9.17, 15) is 4.79 Å². The van der Waals surface area contributed by atoms with Crippen LogP contribution in [0.3, 0.4) is 0 Å². The van der Waals surface area contributed by atoms with Crippen LogP contribution in [0.2, 0.25) is 0 Å². The van der Waals surface area contributed by atoms with Gasteiger partial charge in [-0.05, 0) is 41.8 Å². The van der Waals surface area contributed by atoms with Crippen molar-refractivity contribution in [3.05, 3.63) is 78.4 Å². The van der Waals surface area contributed by atoms with Gasteiger partial charge in [-0.3, -0.25) is 4.79 Å². The Hall–Kier alpha value is -2.81. The first-order valence-electron chi connectivity index (χ1n) is 8.19. The quantitative estimate of drug-likeness (QED) is 0.746. The first kappa shape index (κ1) is 16.1. The summed E-state index contributed by atoms with van der Waals surface area (Å²) >= 11 is 0. The molecule has 3 aromatic carbocycles. The van der Waals surface area contributed by atoms with Crippen molar-refractivity contribution in [2.24, 2.45) is 0 Å². The molecule has 0 heterocycles. The molecule has 0 saturated heterocycles. The average Bonchev–Trinajstić information content (AvgIpc) is 2.62. The largest absolute Gasteiger partial charge is 0.481 e. The fourth-order valence-electron chi connectivity index (χ4n) is 2.62. The molecule has 0 radical (unpaired) electrons. The van der Waals surface area contributed by atoms with E-state index in [1.54, 1.807) is 6.92 Å². The van der Waals surface area contributed by atoms with Crippen molar-refractivity contribution in [3.8, 4) is 5.75 Å². The summed E-state index contributed by atoms with van der Waals surface area (Å²) < 4.78 is 5.77. The zero-order valence-corrected chi connectivity index (χ0v) is 13.7. The Kier molecular flexibility index (Phi) is 5.12. The third-order valence-corrected chi connectivity index (χ3v) is 3.96. The van der Waals surface area contributed by atoms with Crippen molar-refractivity contribution in [2.75, 3.05) is 6.54 Å². The van der Waals surface area contributed by atoms with Crippen LogP contribution in [0.4, 0.5) is 0 Å². The molecule has 3 aromatic rings. The molecule has 122 valence electrons. The lowest BCUT2D eigenvalue weighted by Gasteiger charge is -2.15. The van der Waals surface area contributed by atoms with Crippen molar-refractivity contribution >= 4 is 16.7 Å². The van der Waals surface area contributed by atoms with E-state index in [2.05, 4.69) is 23.5 Å². The monoisotopic (exact) mass is 319 g/mol. The van der Waals surface area contributed by atoms with Crippen molar-refractivity contribution < 1.29 is 9.53 Å². The number of ether oxygens (including phenoxy) is 1. The summed E-state index contributed by atoms with van der Waals surface area (Å²) in [5.41, 5.74) is 1.21. The maximum Gasteiger partial charge on any atom is 0.260 e. The summed E-state index contributed by atoms with van der Waals surface area (Å²) in [7, 11) is 0. The summed E-state index contributed by atoms with van der Waals surface area (Å²) in [6, 6.07) is 24.1. The lowest BCUT2D eigenvalue weighted by Crippen LogP contribution is -2.37. The molecule has 1 amide bonds. The van der Waals surface area contributed by atoms with Gasteiger partial charge in [-0.15, -0.1) is 0 Å². The Labute approximate surface area is 142 Å². The molecular weight excluding hydrogens is 298 g/mol. The van der Waals surface area contributed by atoms with Crippen LogP contribution in [0.5, 0.6) is 5.75 Å². The molecule has 3 nitrogen and oxygen atoms in total. The van der Waals surface area contributed by atoms with Crippen molar-refractivity contribution in [1.29, 1.82) is 0 Å². The lowest BCUT2D eigenvalue weighted by molar-refractivity contribution is -0.127. The number of carbonyl (C=O) groups excluding carboxylic acids is 1. The van der Waals surface area contributed by atoms with Crippen LogP contribution in [-0.4, -0.2) is 18.6 Å². The second-order valence-electron chi connectivity index (χ2n) is 5.80. The van der Waals surface area contributed by atoms with Crippen LogP contribution in [-0.2, 0) is 11.2 Å². The predicted molar refractivity (Wildman–Crippen MR) is 97.2 cm³/mol. The SMILES string of the molecule is CC(Oc1ccc2ccccc2c1)C(=O)NCCc1ccccc1. The minimum atomic E-state index is -0.526. The molecule has 24 heavy (non-hydrogen) atoms. The molecule has 1 unspecified atom stereocenters. The highest BCUT2D eigenvalue weighted by Crippen LogP contribution is 2.21. The number of fused-ring (bicyclic) bond motifs is 1. The number of benzene rings is 3. The Morgan fingerprint density at radius 1 is 0.958 bits per heavy atom. The standard InChI is InChI=1S/C21H21NO2/c1-16(21(23)22-14-13-17-7-3-2-4-8-17)24-20-12-11-18-9-5-6-10-19(18)15-20/h2-12,15-16H,13-14H2,1H3,(H,22,23). The number of hydrogen-bond donors (Lipinski definition) is 1. The molecule has 1 N–H and O–H groups in total. The highest BCUT2D eigenvalue weighted by molar-refractivity contribution is 5.84. The third-order valence-electron chi connectivity index (χ3n) is 3.96. The summed E-state index contributed by atoms with van der Waals surface area (Å²) in [4.78, 5) is 12.2. The normalized spacial score (nSPS) is 11.9. The van der Waals surface area contributed by atoms with Crippen LogP contribution < -0.4 is 10.1 Å². The number of hydrogen-bond acceptors (Lipinski definition) is 2. The second kappa shape index (κ2) is 7.64. The Morgan fingerprint density at radius 2 is 1.67 bits per heavy atom. The fourth-order valence-corrected chi connectivity index (χ4v) is 2.62. The molecule has 3 heteroatoms. The van der Waals surface area contributed by atoms with E-state index in [4.69, 9.17) is 4.74 Å². The van der Waals surface area contributed by atoms with Gasteiger partial charge in [0.15, 0.2) is 6.10 Å². The van der Waals surface area contributed by atoms with Crippen molar-refractivity contribution in [1.82, 2.24) is 5.32 Å². The van der Waals surface area contributed by atoms with E-state index in [1.165, 1.54) is 5.56 Å². The van der Waals surface area contributed by atoms with Crippen molar-refractivity contribution in [3.63, 3.8) is 0 Å². The van der Waals surface area contributed by atoms with Crippen LogP contribution in [0.25, 0.3) is 10.8 Å². The zero-order chi connectivity index (χ0) is 16.8. The summed E-state index contributed by atoms with van der Waals surface area (Å²) in [5, 5.41) is 5.19. The molecular formula is C21H21NO2. The Balaban J connectivity index is 1.53. The van der Waals surface area contributed by atoms with Gasteiger partial charge >= 0.3 is 0 Å². The summed E-state index contributed by atoms with van der Waals surface area (Å²) in [6.45, 7) is 2.38. The maximum absolute atomic E-state index is 12.2. The topological polar surface area (TPSA) is 38.3 Å². The molecule has 0 bridgehead atoms. The van der Waals surface area contributed by atoms with Crippen LogP contribution >= 0.6 is 0 Å². The summed E-state index contributed by atoms with van der Waals surface area (Å²) in [5.74, 6) is 0.610. The van der Waals surface area contributed by atoms with Gasteiger partial charge in [0, 0.05) is 6.54 Å². The smallest absolute Gasteiger partial charge is 0.260 e. The highest BCUT2D eigenvalue weighted by atomic mass is 16.5. The fraction of sp³-hybridized carbons (Fsp3) is 0.190. The first-order chi connectivity index (χ1) is 11.7. The van der Waals surface area contributed by atoms with Gasteiger partial charge in [-0.2, -0.15) is 0 Å². The van der Waals surface area contributed by atoms with E-state index in [-0.39, 0.29) is 5.91 Å². The molecule has 0 spiro atoms. The summed E-state index contributed by atoms with van der Waals surface area (Å²) in [6.07, 6.45) is 0.289. The molecule has 3 rings (SSSR count). The van der Waals surface area contributed by atoms with Gasteiger partial charge in [0.2, 0.25) is 0 Å². The molecule has 0 fully saturated rings. The number of nitrogens with one attached hydrogen (secondary N) is 1. The Morgan fingerprint density at radius 3 is 2.46 bits per heavy atom. The van der Waals surface area contributed by atoms with Gasteiger partial charge in [0.05, 0.1) is 0 Å². The van der Waals surface area contributed by atoms with E-state index in [1.807, 2.05) is 54.6 Å². The van der Waals surface area contributed by atoms with Crippen LogP contribution in [0, 0.1) is 0 Å². The van der Waals surface area contributed by atoms with Gasteiger partial charge in [0.1, 0.15) is 5.75 Å². The molecule has 0 aromatic heterocycles. The minimum Gasteiger partial charge on any atom is -0.481 e. The number of carbonyl (C=O) groups is 1. The molecule has 0 saturated carbocycles. The zero-order valence-electron chi connectivity index (χ0n) is 13.7. The molecule has 0 aliphatic carbocycles. The number of amides is 1. The van der Waals surface area contributed by atoms with Crippen LogP contribution in [0.15, 0.2) is 72.8 Å². The minimum absolute atomic E-state index is 0.0981. The average molecular weight is 319 g/mol. The molecule has 0 aliphatic heterocycles. The van der Waals surface area contributed by atoms with E-state index in [0.29, 0.717) is 12.3 Å². The van der Waals surface area contributed by atoms with Gasteiger partial charge < -0.3 is 10.1 Å². The van der Waals surface area contributed by atoms with Gasteiger partial charge in [-0.1, -0.05) is 60.7 Å². The molecule has 0 aliphatic rings. The maximum atomic E-state index is 12.2. The lowest BCUT2D eigenvalue weighted by atomic mass is 10.1.